The van der Waals surface area contributed by atoms with E-state index >= 15 is 0 Å². The third kappa shape index (κ3) is 27.8. The molecule has 0 saturated heterocycles. The number of carbonyl (C=O) groups is 4. The maximum atomic E-state index is 12.9. The summed E-state index contributed by atoms with van der Waals surface area (Å²) in [6.07, 6.45) is 10.6. The summed E-state index contributed by atoms with van der Waals surface area (Å²) >= 11 is 3.15. The SMILES string of the molecule is CC(=O)NCCOCCOCCOCC(=O)NC(C(=O)NCCCCCc1ccc(-c2scnc2C)cc1)C(C)(C)C.CCC/C=C(\C)N/C=C1C(c2ccc(N)cc2)=NCC(=N)S/C(C)=C\1C.CO.NC=O. The number of nitrogen functional groups attached to an aromatic ring is 1. The number of carbonyl (C=O) groups excluding carboxylic acids is 4. The first-order valence-corrected chi connectivity index (χ1v) is 26.2. The molecule has 4 rings (SSSR count). The number of thiazole rings is 1. The van der Waals surface area contributed by atoms with Gasteiger partial charge in [-0.1, -0.05) is 94.8 Å². The highest BCUT2D eigenvalue weighted by Crippen LogP contribution is 2.30. The van der Waals surface area contributed by atoms with Gasteiger partial charge in [0.15, 0.2) is 0 Å². The largest absolute Gasteiger partial charge is 0.400 e. The molecule has 17 nitrogen and oxygen atoms in total. The number of thioether (sulfide) groups is 1. The number of hydrogen-bond acceptors (Lipinski definition) is 15. The lowest BCUT2D eigenvalue weighted by Gasteiger charge is -2.30. The standard InChI is InChI=1S/C31H48N4O6S.C21H28N4S.CH3NO.CH4O/c1-23-28(42-22-34-23)26-12-10-25(11-13-26)9-7-6-8-14-33-30(38)29(31(3,4)5)35-27(37)21-41-20-19-40-18-17-39-16-15-32-24(2)36;1-5-6-7-14(2)24-12-19-15(3)16(4)26-20(23)13-25-21(19)17-8-10-18(22)11-9-17;2-1-3;1-2/h10-13,22,29H,6-9,14-21H2,1-5H3,(H,32,36)(H,33,38)(H,35,37);7-12,23-24H,5-6,13,22H2,1-4H3;1H,(H2,2,3);2H,1H3/b;14-7+,16-15-,19-12-,23-20?,25-21?;;. The van der Waals surface area contributed by atoms with Crippen LogP contribution in [-0.4, -0.2) is 117 Å². The third-order valence-corrected chi connectivity index (χ3v) is 12.6. The van der Waals surface area contributed by atoms with Gasteiger partial charge in [0.2, 0.25) is 24.1 Å². The minimum Gasteiger partial charge on any atom is -0.400 e. The summed E-state index contributed by atoms with van der Waals surface area (Å²) < 4.78 is 16.1. The zero-order valence-corrected chi connectivity index (χ0v) is 46.4. The molecule has 19 heteroatoms. The van der Waals surface area contributed by atoms with Crippen molar-refractivity contribution in [2.24, 2.45) is 16.1 Å². The topological polar surface area (TPSA) is 265 Å². The average Bonchev–Trinajstić information content (AvgIpc) is 3.79. The van der Waals surface area contributed by atoms with Gasteiger partial charge in [-0.2, -0.15) is 0 Å². The minimum absolute atomic E-state index is 0.0895. The fourth-order valence-electron chi connectivity index (χ4n) is 6.70. The molecule has 0 aliphatic carbocycles. The van der Waals surface area contributed by atoms with E-state index in [0.29, 0.717) is 51.1 Å². The minimum atomic E-state index is -0.666. The van der Waals surface area contributed by atoms with Crippen molar-refractivity contribution in [2.45, 2.75) is 107 Å². The number of rotatable bonds is 25. The van der Waals surface area contributed by atoms with Gasteiger partial charge in [-0.15, -0.1) is 11.3 Å². The van der Waals surface area contributed by atoms with E-state index in [-0.39, 0.29) is 37.3 Å². The number of aliphatic imine (C=N–C) groups is 1. The van der Waals surface area contributed by atoms with E-state index < -0.39 is 11.5 Å². The predicted octanol–water partition coefficient (Wildman–Crippen LogP) is 7.63. The number of nitrogens with zero attached hydrogens (tertiary/aromatic N) is 2. The van der Waals surface area contributed by atoms with Gasteiger partial charge in [0, 0.05) is 55.8 Å². The fraction of sp³-hybridized carbons (Fsp3) is 0.500. The number of benzene rings is 2. The van der Waals surface area contributed by atoms with Crippen LogP contribution in [0.15, 0.2) is 93.1 Å². The molecule has 0 spiro atoms. The van der Waals surface area contributed by atoms with Crippen LogP contribution in [0.5, 0.6) is 0 Å². The summed E-state index contributed by atoms with van der Waals surface area (Å²) in [5.74, 6) is -0.622. The molecule has 3 aromatic rings. The van der Waals surface area contributed by atoms with Crippen LogP contribution in [-0.2, 0) is 39.8 Å². The maximum Gasteiger partial charge on any atom is 0.246 e. The maximum absolute atomic E-state index is 12.9. The first-order valence-electron chi connectivity index (χ1n) is 24.5. The molecule has 73 heavy (non-hydrogen) atoms. The van der Waals surface area contributed by atoms with Gasteiger partial charge in [-0.3, -0.25) is 29.6 Å². The van der Waals surface area contributed by atoms with Crippen molar-refractivity contribution in [1.82, 2.24) is 26.3 Å². The molecular weight excluding hydrogens is 967 g/mol. The number of hydrogen-bond donors (Lipinski definition) is 8. The van der Waals surface area contributed by atoms with E-state index in [2.05, 4.69) is 90.0 Å². The average molecular weight is 1050 g/mol. The Kier molecular flexibility index (Phi) is 34.0. The highest BCUT2D eigenvalue weighted by molar-refractivity contribution is 8.17. The predicted molar refractivity (Wildman–Crippen MR) is 300 cm³/mol. The van der Waals surface area contributed by atoms with Crippen molar-refractivity contribution in [3.63, 3.8) is 0 Å². The van der Waals surface area contributed by atoms with Crippen LogP contribution in [0.2, 0.25) is 0 Å². The van der Waals surface area contributed by atoms with Gasteiger partial charge < -0.3 is 52.1 Å². The van der Waals surface area contributed by atoms with Gasteiger partial charge >= 0.3 is 0 Å². The Morgan fingerprint density at radius 2 is 1.49 bits per heavy atom. The zero-order valence-electron chi connectivity index (χ0n) is 44.8. The highest BCUT2D eigenvalue weighted by Gasteiger charge is 2.32. The van der Waals surface area contributed by atoms with E-state index in [9.17, 15) is 14.4 Å². The number of primary amides is 1. The molecule has 0 fully saturated rings. The van der Waals surface area contributed by atoms with Crippen molar-refractivity contribution < 1.29 is 38.5 Å². The molecule has 404 valence electrons. The smallest absolute Gasteiger partial charge is 0.246 e. The van der Waals surface area contributed by atoms with Gasteiger partial charge in [0.25, 0.3) is 0 Å². The number of ether oxygens (including phenoxy) is 3. The summed E-state index contributed by atoms with van der Waals surface area (Å²) in [5.41, 5.74) is 20.9. The van der Waals surface area contributed by atoms with E-state index in [0.717, 1.165) is 90.0 Å². The normalized spacial score (nSPS) is 14.6. The molecule has 1 aromatic heterocycles. The second-order valence-corrected chi connectivity index (χ2v) is 19.9. The van der Waals surface area contributed by atoms with E-state index in [4.69, 9.17) is 40.2 Å². The highest BCUT2D eigenvalue weighted by atomic mass is 32.2. The number of aromatic nitrogens is 1. The first-order chi connectivity index (χ1) is 34.9. The van der Waals surface area contributed by atoms with E-state index in [1.807, 2.05) is 63.7 Å². The second-order valence-electron chi connectivity index (χ2n) is 17.7. The van der Waals surface area contributed by atoms with Crippen LogP contribution in [0.25, 0.3) is 10.4 Å². The third-order valence-electron chi connectivity index (χ3n) is 10.6. The van der Waals surface area contributed by atoms with E-state index in [1.165, 1.54) is 34.7 Å². The Labute approximate surface area is 442 Å². The number of anilines is 1. The summed E-state index contributed by atoms with van der Waals surface area (Å²) in [4.78, 5) is 56.1. The number of nitrogens with two attached hydrogens (primary N) is 2. The number of unbranched alkanes of at least 4 members (excludes halogenated alkanes) is 3. The lowest BCUT2D eigenvalue weighted by molar-refractivity contribution is -0.134. The molecule has 0 radical (unpaired) electrons. The summed E-state index contributed by atoms with van der Waals surface area (Å²) in [7, 11) is 1.00. The van der Waals surface area contributed by atoms with Crippen LogP contribution >= 0.6 is 23.1 Å². The van der Waals surface area contributed by atoms with Gasteiger partial charge in [-0.05, 0) is 92.5 Å². The lowest BCUT2D eigenvalue weighted by atomic mass is 9.86. The number of nitrogens with one attached hydrogen (secondary N) is 5. The number of amides is 4. The molecule has 1 unspecified atom stereocenters. The van der Waals surface area contributed by atoms with E-state index in [1.54, 1.807) is 11.3 Å². The molecule has 10 N–H and O–H groups in total. The summed E-state index contributed by atoms with van der Waals surface area (Å²) in [5, 5.41) is 27.5. The molecule has 2 aromatic carbocycles. The summed E-state index contributed by atoms with van der Waals surface area (Å²) in [6, 6.07) is 15.8. The quantitative estimate of drug-likeness (QED) is 0.0231. The molecule has 1 atom stereocenters. The molecule has 2 heterocycles. The number of aliphatic hydroxyl groups is 1. The van der Waals surface area contributed by atoms with Crippen molar-refractivity contribution in [3.05, 3.63) is 105 Å². The van der Waals surface area contributed by atoms with Crippen LogP contribution in [0.3, 0.4) is 0 Å². The van der Waals surface area contributed by atoms with Crippen LogP contribution < -0.4 is 32.7 Å². The van der Waals surface area contributed by atoms with Crippen molar-refractivity contribution in [2.75, 3.05) is 72.1 Å². The molecule has 1 aliphatic heterocycles. The van der Waals surface area contributed by atoms with Crippen LogP contribution in [0, 0.1) is 17.7 Å². The first kappa shape index (κ1) is 65.3. The van der Waals surface area contributed by atoms with Crippen LogP contribution in [0.1, 0.15) is 104 Å². The Morgan fingerprint density at radius 1 is 0.877 bits per heavy atom. The lowest BCUT2D eigenvalue weighted by Crippen LogP contribution is -2.54. The fourth-order valence-corrected chi connectivity index (χ4v) is 8.27. The molecular formula is C54H83N9O8S2. The Hall–Kier alpha value is -5.70. The van der Waals surface area contributed by atoms with Crippen molar-refractivity contribution >= 4 is 63.7 Å². The van der Waals surface area contributed by atoms with Crippen molar-refractivity contribution in [3.8, 4) is 10.4 Å². The van der Waals surface area contributed by atoms with Crippen molar-refractivity contribution in [1.29, 1.82) is 5.41 Å². The Bertz CT molecular complexity index is 2240. The monoisotopic (exact) mass is 1050 g/mol. The summed E-state index contributed by atoms with van der Waals surface area (Å²) in [6.45, 7) is 20.7. The second kappa shape index (κ2) is 38.0. The van der Waals surface area contributed by atoms with Gasteiger partial charge in [0.05, 0.1) is 66.4 Å². The number of aryl methyl sites for hydroxylation is 2. The molecule has 1 aliphatic rings. The van der Waals surface area contributed by atoms with Gasteiger partial charge in [-0.25, -0.2) is 4.98 Å². The molecule has 0 saturated carbocycles. The molecule has 4 amide bonds. The number of allylic oxidation sites excluding steroid dienone is 5. The zero-order chi connectivity index (χ0) is 54.6. The van der Waals surface area contributed by atoms with Gasteiger partial charge in [0.1, 0.15) is 12.6 Å². The Morgan fingerprint density at radius 3 is 2.08 bits per heavy atom. The molecule has 0 bridgehead atoms. The number of aliphatic hydroxyl groups excluding tert-OH is 1. The Balaban J connectivity index is 0.000000732. The van der Waals surface area contributed by atoms with Crippen LogP contribution in [0.4, 0.5) is 5.69 Å².